The Kier molecular flexibility index (Phi) is 6.23. The van der Waals surface area contributed by atoms with Gasteiger partial charge in [-0.15, -0.1) is 0 Å². The van der Waals surface area contributed by atoms with Crippen molar-refractivity contribution in [1.82, 2.24) is 4.98 Å². The van der Waals surface area contributed by atoms with Crippen molar-refractivity contribution >= 4 is 33.3 Å². The van der Waals surface area contributed by atoms with Gasteiger partial charge in [-0.05, 0) is 30.3 Å². The van der Waals surface area contributed by atoms with Crippen molar-refractivity contribution in [2.45, 2.75) is 4.90 Å². The number of hydrogen-bond donors (Lipinski definition) is 2. The molecule has 0 aliphatic heterocycles. The lowest BCUT2D eigenvalue weighted by Crippen LogP contribution is -2.14. The minimum atomic E-state index is -4.09. The summed E-state index contributed by atoms with van der Waals surface area (Å²) in [6.45, 7) is 0. The molecule has 2 aromatic carbocycles. The van der Waals surface area contributed by atoms with E-state index in [-0.39, 0.29) is 16.3 Å². The number of nitro groups is 1. The maximum absolute atomic E-state index is 12.7. The molecule has 11 heteroatoms. The summed E-state index contributed by atoms with van der Waals surface area (Å²) in [5, 5.41) is 15.4. The molecule has 0 spiro atoms. The summed E-state index contributed by atoms with van der Waals surface area (Å²) in [7, 11) is -2.68. The first-order chi connectivity index (χ1) is 14.4. The summed E-state index contributed by atoms with van der Waals surface area (Å²) in [4.78, 5) is 14.4. The van der Waals surface area contributed by atoms with Crippen molar-refractivity contribution < 1.29 is 18.1 Å². The average Bonchev–Trinajstić information content (AvgIpc) is 2.74. The second-order valence-corrected chi connectivity index (χ2v) is 7.58. The highest BCUT2D eigenvalue weighted by Gasteiger charge is 2.22. The third-order valence-corrected chi connectivity index (χ3v) is 5.27. The minimum Gasteiger partial charge on any atom is -0.495 e. The van der Waals surface area contributed by atoms with Crippen molar-refractivity contribution in [2.75, 3.05) is 17.3 Å². The number of nitro benzene ring substituents is 1. The van der Waals surface area contributed by atoms with Crippen LogP contribution in [0.3, 0.4) is 0 Å². The van der Waals surface area contributed by atoms with Crippen LogP contribution in [0.15, 0.2) is 77.0 Å². The zero-order valence-electron chi connectivity index (χ0n) is 15.7. The van der Waals surface area contributed by atoms with E-state index in [4.69, 9.17) is 4.74 Å². The zero-order valence-corrected chi connectivity index (χ0v) is 16.5. The van der Waals surface area contributed by atoms with Crippen molar-refractivity contribution in [1.29, 1.82) is 0 Å². The fraction of sp³-hybridized carbons (Fsp3) is 0.0526. The van der Waals surface area contributed by atoms with Crippen molar-refractivity contribution in [2.24, 2.45) is 5.10 Å². The van der Waals surface area contributed by atoms with E-state index in [2.05, 4.69) is 20.2 Å². The van der Waals surface area contributed by atoms with Gasteiger partial charge in [0.25, 0.3) is 15.7 Å². The van der Waals surface area contributed by atoms with Gasteiger partial charge in [0, 0.05) is 24.0 Å². The predicted octanol–water partition coefficient (Wildman–Crippen LogP) is 3.25. The van der Waals surface area contributed by atoms with Gasteiger partial charge in [-0.1, -0.05) is 18.2 Å². The summed E-state index contributed by atoms with van der Waals surface area (Å²) < 4.78 is 32.9. The first-order valence-electron chi connectivity index (χ1n) is 8.54. The lowest BCUT2D eigenvalue weighted by atomic mass is 10.3. The van der Waals surface area contributed by atoms with Gasteiger partial charge in [-0.2, -0.15) is 5.10 Å². The molecular weight excluding hydrogens is 410 g/mol. The Bertz CT molecular complexity index is 1180. The standard InChI is InChI=1S/C19H17N5O5S/c1-29-19-7-3-2-6-17(19)23-30(27,28)15-8-9-16(18(11-15)24(25)26)22-21-13-14-5-4-10-20-12-14/h2-13,22-23H,1H3. The number of anilines is 2. The molecule has 154 valence electrons. The van der Waals surface area contributed by atoms with E-state index in [1.54, 1.807) is 42.7 Å². The summed E-state index contributed by atoms with van der Waals surface area (Å²) in [6.07, 6.45) is 4.61. The number of benzene rings is 2. The summed E-state index contributed by atoms with van der Waals surface area (Å²) in [6, 6.07) is 13.4. The summed E-state index contributed by atoms with van der Waals surface area (Å²) >= 11 is 0. The molecule has 2 N–H and O–H groups in total. The van der Waals surface area contributed by atoms with Crippen LogP contribution in [0.4, 0.5) is 17.1 Å². The first kappa shape index (κ1) is 20.7. The molecule has 0 fully saturated rings. The molecular formula is C19H17N5O5S. The van der Waals surface area contributed by atoms with Crippen molar-refractivity contribution in [3.8, 4) is 5.75 Å². The number of hydrazone groups is 1. The number of methoxy groups -OCH3 is 1. The largest absolute Gasteiger partial charge is 0.495 e. The molecule has 0 aliphatic carbocycles. The molecule has 30 heavy (non-hydrogen) atoms. The fourth-order valence-corrected chi connectivity index (χ4v) is 3.58. The Morgan fingerprint density at radius 2 is 1.93 bits per heavy atom. The van der Waals surface area contributed by atoms with E-state index < -0.39 is 20.6 Å². The Hall–Kier alpha value is -3.99. The van der Waals surface area contributed by atoms with Crippen LogP contribution >= 0.6 is 0 Å². The van der Waals surface area contributed by atoms with E-state index >= 15 is 0 Å². The van der Waals surface area contributed by atoms with Crippen LogP contribution in [0.1, 0.15) is 5.56 Å². The topological polar surface area (TPSA) is 136 Å². The highest BCUT2D eigenvalue weighted by molar-refractivity contribution is 7.92. The normalized spacial score (nSPS) is 11.2. The summed E-state index contributed by atoms with van der Waals surface area (Å²) in [5.41, 5.74) is 3.05. The van der Waals surface area contributed by atoms with Crippen LogP contribution in [0.2, 0.25) is 0 Å². The Balaban J connectivity index is 1.87. The SMILES string of the molecule is COc1ccccc1NS(=O)(=O)c1ccc(NN=Cc2cccnc2)c([N+](=O)[O-])c1. The van der Waals surface area contributed by atoms with Crippen molar-refractivity contribution in [3.63, 3.8) is 0 Å². The van der Waals surface area contributed by atoms with Gasteiger partial charge in [-0.25, -0.2) is 8.42 Å². The maximum atomic E-state index is 12.7. The van der Waals surface area contributed by atoms with Crippen molar-refractivity contribution in [3.05, 3.63) is 82.7 Å². The Morgan fingerprint density at radius 1 is 1.13 bits per heavy atom. The number of nitrogens with zero attached hydrogens (tertiary/aromatic N) is 3. The molecule has 0 atom stereocenters. The smallest absolute Gasteiger partial charge is 0.295 e. The highest BCUT2D eigenvalue weighted by Crippen LogP contribution is 2.30. The number of ether oxygens (including phenoxy) is 1. The third-order valence-electron chi connectivity index (χ3n) is 3.91. The second-order valence-electron chi connectivity index (χ2n) is 5.90. The molecule has 0 unspecified atom stereocenters. The quantitative estimate of drug-likeness (QED) is 0.320. The lowest BCUT2D eigenvalue weighted by Gasteiger charge is -2.12. The summed E-state index contributed by atoms with van der Waals surface area (Å²) in [5.74, 6) is 0.318. The van der Waals surface area contributed by atoms with E-state index in [0.29, 0.717) is 11.3 Å². The van der Waals surface area contributed by atoms with Gasteiger partial charge in [-0.3, -0.25) is 25.2 Å². The molecule has 0 amide bonds. The number of sulfonamides is 1. The van der Waals surface area contributed by atoms with Gasteiger partial charge >= 0.3 is 0 Å². The molecule has 0 radical (unpaired) electrons. The van der Waals surface area contributed by atoms with E-state index in [1.807, 2.05) is 0 Å². The molecule has 1 heterocycles. The van der Waals surface area contributed by atoms with Crippen LogP contribution < -0.4 is 14.9 Å². The minimum absolute atomic E-state index is 0.0383. The highest BCUT2D eigenvalue weighted by atomic mass is 32.2. The Morgan fingerprint density at radius 3 is 2.63 bits per heavy atom. The number of aromatic nitrogens is 1. The van der Waals surface area contributed by atoms with Crippen LogP contribution in [0, 0.1) is 10.1 Å². The first-order valence-corrected chi connectivity index (χ1v) is 10.0. The molecule has 3 aromatic rings. The molecule has 0 aliphatic rings. The van der Waals surface area contributed by atoms with Gasteiger partial charge in [0.15, 0.2) is 0 Å². The molecule has 0 saturated carbocycles. The molecule has 0 saturated heterocycles. The third kappa shape index (κ3) is 4.89. The number of hydrogen-bond acceptors (Lipinski definition) is 8. The van der Waals surface area contributed by atoms with Gasteiger partial charge in [0.2, 0.25) is 0 Å². The lowest BCUT2D eigenvalue weighted by molar-refractivity contribution is -0.384. The van der Waals surface area contributed by atoms with Crippen LogP contribution in [0.5, 0.6) is 5.75 Å². The second kappa shape index (κ2) is 9.01. The molecule has 10 nitrogen and oxygen atoms in total. The Labute approximate surface area is 172 Å². The number of rotatable bonds is 8. The van der Waals surface area contributed by atoms with E-state index in [9.17, 15) is 18.5 Å². The van der Waals surface area contributed by atoms with Gasteiger partial charge < -0.3 is 4.74 Å². The van der Waals surface area contributed by atoms with Crippen LogP contribution in [-0.2, 0) is 10.0 Å². The maximum Gasteiger partial charge on any atom is 0.295 e. The van der Waals surface area contributed by atoms with Gasteiger partial charge in [0.05, 0.1) is 28.8 Å². The van der Waals surface area contributed by atoms with Gasteiger partial charge in [0.1, 0.15) is 11.4 Å². The van der Waals surface area contributed by atoms with Crippen LogP contribution in [0.25, 0.3) is 0 Å². The molecule has 1 aromatic heterocycles. The number of nitrogens with one attached hydrogen (secondary N) is 2. The monoisotopic (exact) mass is 427 g/mol. The average molecular weight is 427 g/mol. The van der Waals surface area contributed by atoms with Crippen LogP contribution in [-0.4, -0.2) is 31.6 Å². The predicted molar refractivity (Wildman–Crippen MR) is 112 cm³/mol. The number of para-hydroxylation sites is 2. The number of pyridine rings is 1. The van der Waals surface area contributed by atoms with E-state index in [1.165, 1.54) is 31.5 Å². The van der Waals surface area contributed by atoms with E-state index in [0.717, 1.165) is 6.07 Å². The zero-order chi connectivity index (χ0) is 21.6. The molecule has 0 bridgehead atoms. The fourth-order valence-electron chi connectivity index (χ4n) is 2.49. The molecule has 3 rings (SSSR count).